The molecule has 0 aliphatic carbocycles. The second kappa shape index (κ2) is 9.26. The fraction of sp³-hybridized carbons (Fsp3) is 0.846. The molecule has 14 heavy (non-hydrogen) atoms. The van der Waals surface area contributed by atoms with Crippen LogP contribution in [0.5, 0.6) is 0 Å². The normalized spacial score (nSPS) is 11.2. The molecule has 0 unspecified atom stereocenters. The van der Waals surface area contributed by atoms with Gasteiger partial charge in [-0.15, -0.1) is 6.58 Å². The van der Waals surface area contributed by atoms with Gasteiger partial charge in [-0.1, -0.05) is 45.6 Å². The minimum atomic E-state index is 0.942. The van der Waals surface area contributed by atoms with Crippen molar-refractivity contribution in [1.82, 2.24) is 4.90 Å². The van der Waals surface area contributed by atoms with Crippen LogP contribution in [0.3, 0.4) is 0 Å². The predicted octanol–water partition coefficient (Wildman–Crippen LogP) is 3.71. The summed E-state index contributed by atoms with van der Waals surface area (Å²) in [5.41, 5.74) is 0. The predicted molar refractivity (Wildman–Crippen MR) is 65.6 cm³/mol. The van der Waals surface area contributed by atoms with Gasteiger partial charge in [-0.25, -0.2) is 0 Å². The zero-order valence-electron chi connectivity index (χ0n) is 10.3. The van der Waals surface area contributed by atoms with Crippen molar-refractivity contribution in [3.05, 3.63) is 12.7 Å². The van der Waals surface area contributed by atoms with Gasteiger partial charge in [-0.2, -0.15) is 0 Å². The Bertz CT molecular complexity index is 125. The quantitative estimate of drug-likeness (QED) is 0.509. The summed E-state index contributed by atoms with van der Waals surface area (Å²) in [6, 6.07) is 0. The van der Waals surface area contributed by atoms with E-state index in [4.69, 9.17) is 0 Å². The van der Waals surface area contributed by atoms with Crippen molar-refractivity contribution in [3.63, 3.8) is 0 Å². The van der Waals surface area contributed by atoms with Gasteiger partial charge in [0.1, 0.15) is 0 Å². The molecule has 1 nitrogen and oxygen atoms in total. The minimum absolute atomic E-state index is 0.942. The second-order valence-electron chi connectivity index (χ2n) is 4.28. The average Bonchev–Trinajstić information content (AvgIpc) is 2.15. The molecule has 0 radical (unpaired) electrons. The van der Waals surface area contributed by atoms with Crippen LogP contribution < -0.4 is 0 Å². The third kappa shape index (κ3) is 7.14. The monoisotopic (exact) mass is 197 g/mol. The lowest BCUT2D eigenvalue weighted by molar-refractivity contribution is 0.305. The number of nitrogens with zero attached hydrogens (tertiary/aromatic N) is 1. The van der Waals surface area contributed by atoms with E-state index in [-0.39, 0.29) is 0 Å². The Morgan fingerprint density at radius 3 is 2.14 bits per heavy atom. The molecular formula is C13H27N. The topological polar surface area (TPSA) is 3.24 Å². The highest BCUT2D eigenvalue weighted by Gasteiger charge is 2.07. The fourth-order valence-electron chi connectivity index (χ4n) is 1.96. The molecule has 0 spiro atoms. The van der Waals surface area contributed by atoms with E-state index >= 15 is 0 Å². The van der Waals surface area contributed by atoms with E-state index in [9.17, 15) is 0 Å². The van der Waals surface area contributed by atoms with E-state index in [1.807, 2.05) is 6.08 Å². The molecule has 0 N–H and O–H groups in total. The van der Waals surface area contributed by atoms with E-state index < -0.39 is 0 Å². The van der Waals surface area contributed by atoms with Gasteiger partial charge in [0.25, 0.3) is 0 Å². The van der Waals surface area contributed by atoms with Crippen molar-refractivity contribution < 1.29 is 0 Å². The van der Waals surface area contributed by atoms with Gasteiger partial charge in [0.2, 0.25) is 0 Å². The van der Waals surface area contributed by atoms with Crippen LogP contribution in [-0.4, -0.2) is 25.0 Å². The highest BCUT2D eigenvalue weighted by molar-refractivity contribution is 4.71. The molecule has 0 saturated carbocycles. The number of rotatable bonds is 9. The molecular weight excluding hydrogens is 170 g/mol. The first-order chi connectivity index (χ1) is 6.74. The highest BCUT2D eigenvalue weighted by atomic mass is 15.1. The minimum Gasteiger partial charge on any atom is -0.303 e. The van der Waals surface area contributed by atoms with Gasteiger partial charge in [0.15, 0.2) is 0 Å². The van der Waals surface area contributed by atoms with Crippen molar-refractivity contribution in [2.24, 2.45) is 5.92 Å². The summed E-state index contributed by atoms with van der Waals surface area (Å²) >= 11 is 0. The zero-order valence-corrected chi connectivity index (χ0v) is 10.3. The molecule has 0 heterocycles. The Hall–Kier alpha value is -0.300. The first kappa shape index (κ1) is 13.7. The first-order valence-electron chi connectivity index (χ1n) is 6.04. The zero-order chi connectivity index (χ0) is 10.8. The summed E-state index contributed by atoms with van der Waals surface area (Å²) in [5.74, 6) is 0.942. The molecule has 0 amide bonds. The van der Waals surface area contributed by atoms with Gasteiger partial charge in [0, 0.05) is 6.54 Å². The van der Waals surface area contributed by atoms with E-state index in [0.29, 0.717) is 0 Å². The Morgan fingerprint density at radius 1 is 1.14 bits per heavy atom. The van der Waals surface area contributed by atoms with Gasteiger partial charge in [-0.05, 0) is 25.9 Å². The van der Waals surface area contributed by atoms with E-state index in [1.165, 1.54) is 38.6 Å². The van der Waals surface area contributed by atoms with Crippen LogP contribution in [0.25, 0.3) is 0 Å². The summed E-state index contributed by atoms with van der Waals surface area (Å²) in [5, 5.41) is 0. The molecule has 0 saturated heterocycles. The van der Waals surface area contributed by atoms with Gasteiger partial charge in [-0.3, -0.25) is 0 Å². The molecule has 0 rings (SSSR count). The highest BCUT2D eigenvalue weighted by Crippen LogP contribution is 2.17. The van der Waals surface area contributed by atoms with Crippen molar-refractivity contribution in [1.29, 1.82) is 0 Å². The first-order valence-corrected chi connectivity index (χ1v) is 6.04. The summed E-state index contributed by atoms with van der Waals surface area (Å²) in [6.45, 7) is 10.6. The van der Waals surface area contributed by atoms with Gasteiger partial charge >= 0.3 is 0 Å². The Kier molecular flexibility index (Phi) is 9.06. The lowest BCUT2D eigenvalue weighted by Crippen LogP contribution is -2.21. The maximum atomic E-state index is 3.76. The van der Waals surface area contributed by atoms with Gasteiger partial charge in [0.05, 0.1) is 0 Å². The molecule has 1 heteroatoms. The number of hydrogen-bond donors (Lipinski definition) is 0. The standard InChI is InChI=1S/C13H27N/c1-5-8-13(9-6-2)10-12-14(4)11-7-3/h7,13H,3,5-6,8-12H2,1-2,4H3. The summed E-state index contributed by atoms with van der Waals surface area (Å²) in [7, 11) is 2.18. The Labute approximate surface area is 90.2 Å². The van der Waals surface area contributed by atoms with Crippen LogP contribution in [0.2, 0.25) is 0 Å². The van der Waals surface area contributed by atoms with E-state index in [0.717, 1.165) is 12.5 Å². The van der Waals surface area contributed by atoms with Crippen LogP contribution in [0.15, 0.2) is 12.7 Å². The molecule has 84 valence electrons. The summed E-state index contributed by atoms with van der Waals surface area (Å²) in [4.78, 5) is 2.35. The van der Waals surface area contributed by atoms with E-state index in [1.54, 1.807) is 0 Å². The molecule has 0 aromatic heterocycles. The lowest BCUT2D eigenvalue weighted by atomic mass is 9.95. The van der Waals surface area contributed by atoms with E-state index in [2.05, 4.69) is 32.4 Å². The third-order valence-electron chi connectivity index (χ3n) is 2.75. The molecule has 0 fully saturated rings. The van der Waals surface area contributed by atoms with Crippen molar-refractivity contribution in [2.45, 2.75) is 46.0 Å². The molecule has 0 atom stereocenters. The van der Waals surface area contributed by atoms with Crippen LogP contribution in [0.4, 0.5) is 0 Å². The summed E-state index contributed by atoms with van der Waals surface area (Å²) in [6.07, 6.45) is 8.79. The van der Waals surface area contributed by atoms with Crippen molar-refractivity contribution >= 4 is 0 Å². The molecule has 0 aliphatic heterocycles. The maximum absolute atomic E-state index is 3.76. The van der Waals surface area contributed by atoms with Crippen LogP contribution in [-0.2, 0) is 0 Å². The number of hydrogen-bond acceptors (Lipinski definition) is 1. The summed E-state index contributed by atoms with van der Waals surface area (Å²) < 4.78 is 0. The van der Waals surface area contributed by atoms with Crippen molar-refractivity contribution in [3.8, 4) is 0 Å². The Morgan fingerprint density at radius 2 is 1.71 bits per heavy atom. The van der Waals surface area contributed by atoms with Crippen LogP contribution in [0, 0.1) is 5.92 Å². The smallest absolute Gasteiger partial charge is 0.0157 e. The molecule has 0 aromatic rings. The molecule has 0 bridgehead atoms. The maximum Gasteiger partial charge on any atom is 0.0157 e. The lowest BCUT2D eigenvalue weighted by Gasteiger charge is -2.19. The van der Waals surface area contributed by atoms with Gasteiger partial charge < -0.3 is 4.90 Å². The SMILES string of the molecule is C=CCN(C)CCC(CCC)CCC. The van der Waals surface area contributed by atoms with Crippen molar-refractivity contribution in [2.75, 3.05) is 20.1 Å². The van der Waals surface area contributed by atoms with Crippen LogP contribution >= 0.6 is 0 Å². The third-order valence-corrected chi connectivity index (χ3v) is 2.75. The second-order valence-corrected chi connectivity index (χ2v) is 4.28. The number of likely N-dealkylation sites (N-methyl/N-ethyl adjacent to an activating group) is 1. The fourth-order valence-corrected chi connectivity index (χ4v) is 1.96. The Balaban J connectivity index is 3.62. The molecule has 0 aliphatic rings. The molecule has 0 aromatic carbocycles. The largest absolute Gasteiger partial charge is 0.303 e. The average molecular weight is 197 g/mol. The van der Waals surface area contributed by atoms with Crippen LogP contribution in [0.1, 0.15) is 46.0 Å².